The van der Waals surface area contributed by atoms with Crippen molar-refractivity contribution in [1.82, 2.24) is 4.90 Å². The van der Waals surface area contributed by atoms with Gasteiger partial charge in [-0.15, -0.1) is 0 Å². The van der Waals surface area contributed by atoms with E-state index in [0.29, 0.717) is 11.0 Å². The van der Waals surface area contributed by atoms with Gasteiger partial charge in [-0.05, 0) is 38.6 Å². The summed E-state index contributed by atoms with van der Waals surface area (Å²) in [7, 11) is 3.82. The molecule has 1 aromatic rings. The fraction of sp³-hybridized carbons (Fsp3) is 0.500. The largest absolute Gasteiger partial charge is 0.497 e. The number of likely N-dealkylation sites (tertiary alicyclic amines) is 1. The Morgan fingerprint density at radius 2 is 2.37 bits per heavy atom. The van der Waals surface area contributed by atoms with E-state index in [1.54, 1.807) is 7.11 Å². The van der Waals surface area contributed by atoms with E-state index in [1.165, 1.54) is 19.4 Å². The maximum atomic E-state index is 5.76. The van der Waals surface area contributed by atoms with Crippen LogP contribution in [0.2, 0.25) is 0 Å². The van der Waals surface area contributed by atoms with Gasteiger partial charge in [-0.1, -0.05) is 12.2 Å². The summed E-state index contributed by atoms with van der Waals surface area (Å²) in [5, 5.41) is 3.45. The molecule has 1 saturated heterocycles. The number of rotatable bonds is 5. The zero-order valence-corrected chi connectivity index (χ0v) is 12.3. The van der Waals surface area contributed by atoms with Crippen LogP contribution in [0.1, 0.15) is 18.4 Å². The molecule has 1 atom stereocenters. The first-order valence-electron chi connectivity index (χ1n) is 6.53. The first-order chi connectivity index (χ1) is 9.11. The number of anilines is 1. The Bertz CT molecular complexity index is 464. The van der Waals surface area contributed by atoms with Gasteiger partial charge in [0.25, 0.3) is 0 Å². The third-order valence-electron chi connectivity index (χ3n) is 3.69. The summed E-state index contributed by atoms with van der Waals surface area (Å²) >= 11 is 5.09. The molecular formula is C14H21N3OS. The topological polar surface area (TPSA) is 50.5 Å². The Morgan fingerprint density at radius 3 is 2.95 bits per heavy atom. The number of nitrogens with two attached hydrogens (primary N) is 1. The summed E-state index contributed by atoms with van der Waals surface area (Å²) in [6.07, 6.45) is 2.50. The standard InChI is InChI=1S/C14H21N3OS/c1-17-7-3-4-10(17)9-16-13-8-11(18-2)5-6-12(13)14(15)19/h5-6,8,10,16H,3-4,7,9H2,1-2H3,(H2,15,19). The van der Waals surface area contributed by atoms with Crippen LogP contribution in [0.25, 0.3) is 0 Å². The highest BCUT2D eigenvalue weighted by Gasteiger charge is 2.20. The Morgan fingerprint density at radius 1 is 1.58 bits per heavy atom. The SMILES string of the molecule is COc1ccc(C(N)=S)c(NCC2CCCN2C)c1. The summed E-state index contributed by atoms with van der Waals surface area (Å²) in [6, 6.07) is 6.30. The Balaban J connectivity index is 2.10. The van der Waals surface area contributed by atoms with E-state index in [0.717, 1.165) is 23.5 Å². The van der Waals surface area contributed by atoms with Gasteiger partial charge >= 0.3 is 0 Å². The maximum absolute atomic E-state index is 5.76. The van der Waals surface area contributed by atoms with Crippen molar-refractivity contribution in [2.24, 2.45) is 5.73 Å². The zero-order chi connectivity index (χ0) is 13.8. The quantitative estimate of drug-likeness (QED) is 0.806. The average molecular weight is 279 g/mol. The van der Waals surface area contributed by atoms with Crippen LogP contribution in [0.15, 0.2) is 18.2 Å². The zero-order valence-electron chi connectivity index (χ0n) is 11.5. The number of ether oxygens (including phenoxy) is 1. The Labute approximate surface area is 119 Å². The molecule has 1 aliphatic heterocycles. The highest BCUT2D eigenvalue weighted by Crippen LogP contribution is 2.23. The molecule has 0 saturated carbocycles. The summed E-state index contributed by atoms with van der Waals surface area (Å²) in [5.74, 6) is 0.808. The van der Waals surface area contributed by atoms with E-state index in [4.69, 9.17) is 22.7 Å². The summed E-state index contributed by atoms with van der Waals surface area (Å²) in [4.78, 5) is 2.79. The lowest BCUT2D eigenvalue weighted by molar-refractivity contribution is 0.322. The highest BCUT2D eigenvalue weighted by atomic mass is 32.1. The van der Waals surface area contributed by atoms with Crippen molar-refractivity contribution in [2.75, 3.05) is 32.6 Å². The van der Waals surface area contributed by atoms with Crippen molar-refractivity contribution in [2.45, 2.75) is 18.9 Å². The van der Waals surface area contributed by atoms with Crippen LogP contribution in [-0.2, 0) is 0 Å². The number of likely N-dealkylation sites (N-methyl/N-ethyl adjacent to an activating group) is 1. The third kappa shape index (κ3) is 3.36. The van der Waals surface area contributed by atoms with Crippen LogP contribution in [0, 0.1) is 0 Å². The van der Waals surface area contributed by atoms with Gasteiger partial charge in [0.1, 0.15) is 10.7 Å². The molecule has 3 N–H and O–H groups in total. The predicted molar refractivity (Wildman–Crippen MR) is 83.0 cm³/mol. The highest BCUT2D eigenvalue weighted by molar-refractivity contribution is 7.80. The normalized spacial score (nSPS) is 19.4. The van der Waals surface area contributed by atoms with Crippen molar-refractivity contribution >= 4 is 22.9 Å². The molecule has 1 aromatic carbocycles. The van der Waals surface area contributed by atoms with Gasteiger partial charge in [-0.2, -0.15) is 0 Å². The molecule has 5 heteroatoms. The number of methoxy groups -OCH3 is 1. The summed E-state index contributed by atoms with van der Waals surface area (Å²) in [6.45, 7) is 2.08. The lowest BCUT2D eigenvalue weighted by Gasteiger charge is -2.21. The molecule has 1 fully saturated rings. The van der Waals surface area contributed by atoms with Crippen LogP contribution < -0.4 is 15.8 Å². The third-order valence-corrected chi connectivity index (χ3v) is 3.91. The second-order valence-corrected chi connectivity index (χ2v) is 5.37. The molecule has 1 unspecified atom stereocenters. The van der Waals surface area contributed by atoms with Crippen LogP contribution >= 0.6 is 12.2 Å². The minimum absolute atomic E-state index is 0.407. The van der Waals surface area contributed by atoms with Crippen molar-refractivity contribution < 1.29 is 4.74 Å². The van der Waals surface area contributed by atoms with E-state index >= 15 is 0 Å². The second-order valence-electron chi connectivity index (χ2n) is 4.93. The molecule has 1 heterocycles. The van der Waals surface area contributed by atoms with E-state index < -0.39 is 0 Å². The molecule has 0 spiro atoms. The number of hydrogen-bond acceptors (Lipinski definition) is 4. The van der Waals surface area contributed by atoms with Crippen molar-refractivity contribution in [1.29, 1.82) is 0 Å². The minimum Gasteiger partial charge on any atom is -0.497 e. The van der Waals surface area contributed by atoms with Crippen LogP contribution in [0.3, 0.4) is 0 Å². The maximum Gasteiger partial charge on any atom is 0.120 e. The van der Waals surface area contributed by atoms with Gasteiger partial charge in [0, 0.05) is 29.9 Å². The van der Waals surface area contributed by atoms with E-state index in [1.807, 2.05) is 18.2 Å². The molecule has 0 radical (unpaired) electrons. The molecule has 19 heavy (non-hydrogen) atoms. The molecule has 4 nitrogen and oxygen atoms in total. The number of nitrogens with zero attached hydrogens (tertiary/aromatic N) is 1. The van der Waals surface area contributed by atoms with Crippen LogP contribution in [0.5, 0.6) is 5.75 Å². The van der Waals surface area contributed by atoms with Gasteiger partial charge in [0.15, 0.2) is 0 Å². The fourth-order valence-electron chi connectivity index (χ4n) is 2.48. The predicted octanol–water partition coefficient (Wildman–Crippen LogP) is 1.84. The van der Waals surface area contributed by atoms with E-state index in [9.17, 15) is 0 Å². The van der Waals surface area contributed by atoms with Crippen molar-refractivity contribution in [3.05, 3.63) is 23.8 Å². The number of hydrogen-bond donors (Lipinski definition) is 2. The van der Waals surface area contributed by atoms with E-state index in [2.05, 4.69) is 17.3 Å². The minimum atomic E-state index is 0.407. The lowest BCUT2D eigenvalue weighted by atomic mass is 10.1. The monoisotopic (exact) mass is 279 g/mol. The molecule has 0 aromatic heterocycles. The summed E-state index contributed by atoms with van der Waals surface area (Å²) < 4.78 is 5.25. The van der Waals surface area contributed by atoms with Gasteiger partial charge in [0.05, 0.1) is 7.11 Å². The van der Waals surface area contributed by atoms with E-state index in [-0.39, 0.29) is 0 Å². The number of benzene rings is 1. The second kappa shape index (κ2) is 6.21. The Hall–Kier alpha value is -1.33. The first kappa shape index (κ1) is 14.1. The molecule has 104 valence electrons. The molecule has 0 aliphatic carbocycles. The lowest BCUT2D eigenvalue weighted by Crippen LogP contribution is -2.32. The van der Waals surface area contributed by atoms with Crippen LogP contribution in [0.4, 0.5) is 5.69 Å². The van der Waals surface area contributed by atoms with Crippen molar-refractivity contribution in [3.63, 3.8) is 0 Å². The van der Waals surface area contributed by atoms with Gasteiger partial charge < -0.3 is 20.7 Å². The molecule has 0 amide bonds. The smallest absolute Gasteiger partial charge is 0.120 e. The van der Waals surface area contributed by atoms with Gasteiger partial charge in [-0.25, -0.2) is 0 Å². The first-order valence-corrected chi connectivity index (χ1v) is 6.94. The van der Waals surface area contributed by atoms with Crippen molar-refractivity contribution in [3.8, 4) is 5.75 Å². The number of thiocarbonyl (C=S) groups is 1. The van der Waals surface area contributed by atoms with Gasteiger partial charge in [0.2, 0.25) is 0 Å². The molecule has 0 bridgehead atoms. The number of nitrogens with one attached hydrogen (secondary N) is 1. The molecular weight excluding hydrogens is 258 g/mol. The van der Waals surface area contributed by atoms with Gasteiger partial charge in [-0.3, -0.25) is 0 Å². The summed E-state index contributed by atoms with van der Waals surface area (Å²) in [5.41, 5.74) is 7.58. The Kier molecular flexibility index (Phi) is 4.61. The molecule has 2 rings (SSSR count). The molecule has 1 aliphatic rings. The fourth-order valence-corrected chi connectivity index (χ4v) is 2.65. The average Bonchev–Trinajstić information content (AvgIpc) is 2.81. The van der Waals surface area contributed by atoms with Crippen LogP contribution in [-0.4, -0.2) is 43.2 Å².